The normalized spacial score (nSPS) is 32.1. The van der Waals surface area contributed by atoms with Crippen molar-refractivity contribution in [3.63, 3.8) is 0 Å². The molecule has 0 aromatic heterocycles. The Morgan fingerprint density at radius 3 is 2.14 bits per heavy atom. The Morgan fingerprint density at radius 1 is 1.11 bits per heavy atom. The molecule has 3 aliphatic carbocycles. The Bertz CT molecular complexity index is 1200. The smallest absolute Gasteiger partial charge is 0.851 e. The third-order valence-electron chi connectivity index (χ3n) is 6.99. The second-order valence-electron chi connectivity index (χ2n) is 8.99. The van der Waals surface area contributed by atoms with Gasteiger partial charge in [0.15, 0.2) is 11.4 Å². The Hall–Kier alpha value is -1.33. The third-order valence-corrected chi connectivity index (χ3v) is 6.99. The molecule has 0 heterocycles. The predicted octanol–water partition coefficient (Wildman–Crippen LogP) is -10.3. The summed E-state index contributed by atoms with van der Waals surface area (Å²) in [5, 5.41) is 70.9. The average molecular weight is 540 g/mol. The van der Waals surface area contributed by atoms with Gasteiger partial charge in [-0.1, -0.05) is 24.7 Å². The van der Waals surface area contributed by atoms with Crippen LogP contribution in [0.1, 0.15) is 18.1 Å². The number of nitrogens with zero attached hydrogens (tertiary/aromatic N) is 1. The van der Waals surface area contributed by atoms with E-state index in [1.165, 1.54) is 31.1 Å². The predicted molar refractivity (Wildman–Crippen MR) is 114 cm³/mol. The van der Waals surface area contributed by atoms with Crippen molar-refractivity contribution in [2.75, 3.05) is 14.1 Å². The Morgan fingerprint density at radius 2 is 1.65 bits per heavy atom. The number of hydrogen-bond donors (Lipinski definition) is 5. The zero-order valence-electron chi connectivity index (χ0n) is 20.9. The molecule has 0 radical (unpaired) electrons. The molecule has 0 spiro atoms. The summed E-state index contributed by atoms with van der Waals surface area (Å²) in [6.07, 6.45) is -2.18. The van der Waals surface area contributed by atoms with Gasteiger partial charge in [-0.25, -0.2) is 0 Å². The number of nitrogens with two attached hydrogens (primary N) is 1. The molecule has 4 unspecified atom stereocenters. The molecular formula is C22H26N2Na2O11. The second kappa shape index (κ2) is 11.4. The van der Waals surface area contributed by atoms with Gasteiger partial charge in [-0.15, -0.1) is 6.10 Å². The number of aromatic hydroxyl groups is 1. The Labute approximate surface area is 255 Å². The molecule has 1 aromatic rings. The third kappa shape index (κ3) is 4.50. The molecule has 13 nitrogen and oxygen atoms in total. The van der Waals surface area contributed by atoms with Crippen LogP contribution in [0.25, 0.3) is 5.76 Å². The summed E-state index contributed by atoms with van der Waals surface area (Å²) >= 11 is 0. The first-order chi connectivity index (χ1) is 15.2. The number of amides is 1. The number of primary amides is 1. The van der Waals surface area contributed by atoms with Gasteiger partial charge in [-0.05, 0) is 31.6 Å². The summed E-state index contributed by atoms with van der Waals surface area (Å²) in [6, 6.07) is 2.22. The summed E-state index contributed by atoms with van der Waals surface area (Å²) in [6.45, 7) is 1.10. The Kier molecular flexibility index (Phi) is 11.0. The van der Waals surface area contributed by atoms with E-state index in [9.17, 15) is 45.0 Å². The van der Waals surface area contributed by atoms with E-state index in [1.807, 2.05) is 0 Å². The van der Waals surface area contributed by atoms with Crippen LogP contribution in [0.4, 0.5) is 0 Å². The summed E-state index contributed by atoms with van der Waals surface area (Å²) in [7, 11) is 2.71. The number of aliphatic hydroxyl groups excluding tert-OH is 2. The molecule has 0 bridgehead atoms. The minimum Gasteiger partial charge on any atom is -0.851 e. The van der Waals surface area contributed by atoms with Crippen molar-refractivity contribution < 1.29 is 115 Å². The quantitative estimate of drug-likeness (QED) is 0.174. The fraction of sp³-hybridized carbons (Fsp3) is 0.409. The van der Waals surface area contributed by atoms with E-state index in [0.29, 0.717) is 0 Å². The first-order valence-corrected chi connectivity index (χ1v) is 10.0. The number of fused-ring (bicyclic) bond motifs is 3. The molecule has 3 aliphatic rings. The monoisotopic (exact) mass is 540 g/mol. The number of phenols is 1. The molecule has 1 amide bonds. The van der Waals surface area contributed by atoms with Crippen LogP contribution in [-0.4, -0.2) is 85.6 Å². The van der Waals surface area contributed by atoms with Crippen LogP contribution in [0.2, 0.25) is 0 Å². The number of benzene rings is 1. The maximum absolute atomic E-state index is 13.8. The number of ketones is 2. The van der Waals surface area contributed by atoms with Crippen molar-refractivity contribution in [3.05, 3.63) is 46.2 Å². The minimum absolute atomic E-state index is 0. The van der Waals surface area contributed by atoms with Gasteiger partial charge in [-0.3, -0.25) is 19.3 Å². The molecule has 10 N–H and O–H groups in total. The number of likely N-dealkylation sites (N-methyl/N-ethyl adjacent to an activating group) is 1. The number of aliphatic hydroxyl groups is 3. The maximum atomic E-state index is 13.8. The summed E-state index contributed by atoms with van der Waals surface area (Å²) in [5.74, 6) is -10.4. The molecule has 4 rings (SSSR count). The van der Waals surface area contributed by atoms with Crippen molar-refractivity contribution in [2.45, 2.75) is 30.3 Å². The van der Waals surface area contributed by atoms with E-state index in [1.54, 1.807) is 0 Å². The zero-order valence-corrected chi connectivity index (χ0v) is 24.9. The molecule has 37 heavy (non-hydrogen) atoms. The molecule has 0 saturated heterocycles. The number of rotatable bonds is 2. The van der Waals surface area contributed by atoms with Gasteiger partial charge in [0.2, 0.25) is 5.78 Å². The van der Waals surface area contributed by atoms with Crippen molar-refractivity contribution in [1.82, 2.24) is 4.90 Å². The van der Waals surface area contributed by atoms with Crippen LogP contribution in [0.15, 0.2) is 35.1 Å². The van der Waals surface area contributed by atoms with Crippen molar-refractivity contribution in [1.29, 1.82) is 0 Å². The molecule has 6 atom stereocenters. The number of hydrogen-bond acceptors (Lipinski definition) is 10. The van der Waals surface area contributed by atoms with E-state index in [-0.39, 0.29) is 81.2 Å². The van der Waals surface area contributed by atoms with E-state index >= 15 is 0 Å². The number of carbonyl (C=O) groups is 3. The van der Waals surface area contributed by atoms with Crippen molar-refractivity contribution in [2.24, 2.45) is 17.6 Å². The molecule has 1 saturated carbocycles. The molecule has 0 aliphatic heterocycles. The van der Waals surface area contributed by atoms with E-state index in [4.69, 9.17) is 5.73 Å². The van der Waals surface area contributed by atoms with Gasteiger partial charge >= 0.3 is 59.1 Å². The maximum Gasteiger partial charge on any atom is 1.00 e. The average Bonchev–Trinajstić information content (AvgIpc) is 2.70. The van der Waals surface area contributed by atoms with Crippen molar-refractivity contribution in [3.8, 4) is 5.75 Å². The number of phenolic OH excluding ortho intramolecular Hbond substituents is 1. The van der Waals surface area contributed by atoms with Crippen LogP contribution in [0.5, 0.6) is 5.75 Å². The van der Waals surface area contributed by atoms with Gasteiger partial charge in [0.25, 0.3) is 5.91 Å². The van der Waals surface area contributed by atoms with E-state index in [2.05, 4.69) is 0 Å². The fourth-order valence-corrected chi connectivity index (χ4v) is 5.54. The number of Topliss-reactive ketones (excluding diaryl/α,β-unsaturated/α-hetero) is 2. The SMILES string of the molecule is CN(C)C1C(=O)C(C(N)=O)=C(O)[C@@]2(O)C(=O)C3=C(O)c4c(O)cccc4[C@@](C)([O-])C3C([O-])C12.O.O.[Na+].[Na+]. The molecular weight excluding hydrogens is 514 g/mol. The van der Waals surface area contributed by atoms with Crippen LogP contribution >= 0.6 is 0 Å². The van der Waals surface area contributed by atoms with Crippen LogP contribution < -0.4 is 75.1 Å². The minimum atomic E-state index is -3.11. The van der Waals surface area contributed by atoms with Crippen molar-refractivity contribution >= 4 is 23.2 Å². The van der Waals surface area contributed by atoms with Gasteiger partial charge in [0, 0.05) is 11.5 Å². The van der Waals surface area contributed by atoms with Crippen LogP contribution in [0, 0.1) is 11.8 Å². The van der Waals surface area contributed by atoms with E-state index in [0.717, 1.165) is 13.0 Å². The van der Waals surface area contributed by atoms with Crippen LogP contribution in [0.3, 0.4) is 0 Å². The molecule has 1 aromatic carbocycles. The van der Waals surface area contributed by atoms with Gasteiger partial charge in [0.1, 0.15) is 22.8 Å². The van der Waals surface area contributed by atoms with Gasteiger partial charge in [0.05, 0.1) is 11.6 Å². The fourth-order valence-electron chi connectivity index (χ4n) is 5.54. The molecule has 192 valence electrons. The number of carbonyl (C=O) groups excluding carboxylic acids is 3. The molecule has 15 heteroatoms. The van der Waals surface area contributed by atoms with Gasteiger partial charge < -0.3 is 47.3 Å². The topological polar surface area (TPSA) is 271 Å². The largest absolute Gasteiger partial charge is 1.00 e. The molecule has 1 fully saturated rings. The summed E-state index contributed by atoms with van der Waals surface area (Å²) < 4.78 is 0. The summed E-state index contributed by atoms with van der Waals surface area (Å²) in [5.41, 5.74) is -2.61. The van der Waals surface area contributed by atoms with Gasteiger partial charge in [-0.2, -0.15) is 0 Å². The Balaban J connectivity index is 0.00000324. The summed E-state index contributed by atoms with van der Waals surface area (Å²) in [4.78, 5) is 39.7. The standard InChI is InChI=1S/C22H22N2O9.2Na.2H2O/c1-21(32)7-5-4-6-8(25)9(7)15(26)10-12(21)17(28)13-14(24(2)3)16(27)11(20(23)31)19(30)22(13,33)18(10)29;;;;/h4-6,12-14,17,25-26,30,33H,1-3H3,(H2,23,31);;;2*1H2/q-2;2*+1;;/t12?,13?,14?,17?,21-,22+;;;;/m1..../s1. The zero-order chi connectivity index (χ0) is 24.8. The second-order valence-corrected chi connectivity index (χ2v) is 8.99. The van der Waals surface area contributed by atoms with E-state index < -0.39 is 81.1 Å². The van der Waals surface area contributed by atoms with Crippen LogP contribution in [-0.2, 0) is 20.0 Å². The first kappa shape index (κ1) is 35.7. The first-order valence-electron chi connectivity index (χ1n) is 10.0.